The molecular formula is C14H21FN2O3S. The summed E-state index contributed by atoms with van der Waals surface area (Å²) in [5.74, 6) is -0.733. The zero-order valence-electron chi connectivity index (χ0n) is 12.2. The van der Waals surface area contributed by atoms with Crippen LogP contribution in [0.2, 0.25) is 0 Å². The van der Waals surface area contributed by atoms with Gasteiger partial charge < -0.3 is 10.1 Å². The molecule has 0 radical (unpaired) electrons. The average Bonchev–Trinajstić information content (AvgIpc) is 2.88. The SMILES string of the molecule is CNCc1ccc(F)c(S(=O)(=O)NC2CCC(OC)C2)c1. The Morgan fingerprint density at radius 2 is 2.14 bits per heavy atom. The summed E-state index contributed by atoms with van der Waals surface area (Å²) in [6, 6.07) is 3.93. The van der Waals surface area contributed by atoms with Gasteiger partial charge in [-0.25, -0.2) is 17.5 Å². The summed E-state index contributed by atoms with van der Waals surface area (Å²) in [6.45, 7) is 0.484. The summed E-state index contributed by atoms with van der Waals surface area (Å²) in [5, 5.41) is 2.91. The highest BCUT2D eigenvalue weighted by molar-refractivity contribution is 7.89. The van der Waals surface area contributed by atoms with Crippen molar-refractivity contribution in [3.63, 3.8) is 0 Å². The lowest BCUT2D eigenvalue weighted by Crippen LogP contribution is -2.34. The molecule has 7 heteroatoms. The van der Waals surface area contributed by atoms with Gasteiger partial charge in [0.15, 0.2) is 0 Å². The van der Waals surface area contributed by atoms with Crippen molar-refractivity contribution in [2.24, 2.45) is 0 Å². The Morgan fingerprint density at radius 3 is 2.76 bits per heavy atom. The minimum Gasteiger partial charge on any atom is -0.381 e. The van der Waals surface area contributed by atoms with E-state index in [9.17, 15) is 12.8 Å². The highest BCUT2D eigenvalue weighted by atomic mass is 32.2. The normalized spacial score (nSPS) is 22.6. The van der Waals surface area contributed by atoms with Crippen molar-refractivity contribution in [3.05, 3.63) is 29.6 Å². The molecule has 0 heterocycles. The molecule has 0 saturated heterocycles. The smallest absolute Gasteiger partial charge is 0.243 e. The van der Waals surface area contributed by atoms with Crippen LogP contribution in [0.4, 0.5) is 4.39 Å². The highest BCUT2D eigenvalue weighted by Crippen LogP contribution is 2.24. The van der Waals surface area contributed by atoms with Gasteiger partial charge in [-0.05, 0) is 44.0 Å². The Morgan fingerprint density at radius 1 is 1.38 bits per heavy atom. The van der Waals surface area contributed by atoms with Crippen molar-refractivity contribution >= 4 is 10.0 Å². The number of halogens is 1. The van der Waals surface area contributed by atoms with Crippen LogP contribution in [0.5, 0.6) is 0 Å². The predicted octanol–water partition coefficient (Wildman–Crippen LogP) is 1.39. The van der Waals surface area contributed by atoms with E-state index in [2.05, 4.69) is 10.0 Å². The van der Waals surface area contributed by atoms with Gasteiger partial charge in [-0.15, -0.1) is 0 Å². The van der Waals surface area contributed by atoms with E-state index in [1.165, 1.54) is 12.1 Å². The fraction of sp³-hybridized carbons (Fsp3) is 0.571. The van der Waals surface area contributed by atoms with Crippen LogP contribution in [0.15, 0.2) is 23.1 Å². The van der Waals surface area contributed by atoms with Gasteiger partial charge in [0.05, 0.1) is 6.10 Å². The molecule has 2 unspecified atom stereocenters. The molecule has 1 aromatic carbocycles. The second kappa shape index (κ2) is 6.83. The molecule has 21 heavy (non-hydrogen) atoms. The van der Waals surface area contributed by atoms with Crippen LogP contribution in [-0.4, -0.2) is 34.7 Å². The predicted molar refractivity (Wildman–Crippen MR) is 77.9 cm³/mol. The third-order valence-electron chi connectivity index (χ3n) is 3.71. The first kappa shape index (κ1) is 16.4. The standard InChI is InChI=1S/C14H21FN2O3S/c1-16-9-10-3-6-13(15)14(7-10)21(18,19)17-11-4-5-12(8-11)20-2/h3,6-7,11-12,16-17H,4-5,8-9H2,1-2H3. The molecule has 1 aliphatic carbocycles. The Hall–Kier alpha value is -1.02. The third-order valence-corrected chi connectivity index (χ3v) is 5.24. The molecule has 2 rings (SSSR count). The van der Waals surface area contributed by atoms with Crippen LogP contribution in [0.25, 0.3) is 0 Å². The number of ether oxygens (including phenoxy) is 1. The first-order valence-electron chi connectivity index (χ1n) is 6.94. The minimum atomic E-state index is -3.86. The van der Waals surface area contributed by atoms with Crippen LogP contribution in [-0.2, 0) is 21.3 Å². The number of rotatable bonds is 6. The topological polar surface area (TPSA) is 67.4 Å². The Bertz CT molecular complexity index is 592. The maximum Gasteiger partial charge on any atom is 0.243 e. The monoisotopic (exact) mass is 316 g/mol. The van der Waals surface area contributed by atoms with Crippen molar-refractivity contribution < 1.29 is 17.5 Å². The lowest BCUT2D eigenvalue weighted by Gasteiger charge is -2.14. The minimum absolute atomic E-state index is 0.0678. The van der Waals surface area contributed by atoms with E-state index in [1.807, 2.05) is 0 Å². The van der Waals surface area contributed by atoms with Crippen LogP contribution >= 0.6 is 0 Å². The summed E-state index contributed by atoms with van der Waals surface area (Å²) in [7, 11) is -0.492. The fourth-order valence-electron chi connectivity index (χ4n) is 2.61. The lowest BCUT2D eigenvalue weighted by molar-refractivity contribution is 0.107. The van der Waals surface area contributed by atoms with Crippen LogP contribution in [0.3, 0.4) is 0 Å². The molecule has 5 nitrogen and oxygen atoms in total. The van der Waals surface area contributed by atoms with Gasteiger partial charge in [0.1, 0.15) is 10.7 Å². The van der Waals surface area contributed by atoms with Crippen molar-refractivity contribution in [2.45, 2.75) is 42.8 Å². The first-order chi connectivity index (χ1) is 9.96. The first-order valence-corrected chi connectivity index (χ1v) is 8.42. The van der Waals surface area contributed by atoms with Crippen molar-refractivity contribution in [2.75, 3.05) is 14.2 Å². The molecule has 0 bridgehead atoms. The van der Waals surface area contributed by atoms with E-state index in [0.717, 1.165) is 12.0 Å². The molecule has 2 N–H and O–H groups in total. The summed E-state index contributed by atoms with van der Waals surface area (Å²) in [5.41, 5.74) is 0.723. The summed E-state index contributed by atoms with van der Waals surface area (Å²) < 4.78 is 46.4. The lowest BCUT2D eigenvalue weighted by atomic mass is 10.2. The largest absolute Gasteiger partial charge is 0.381 e. The quantitative estimate of drug-likeness (QED) is 0.832. The fourth-order valence-corrected chi connectivity index (χ4v) is 4.02. The van der Waals surface area contributed by atoms with E-state index in [0.29, 0.717) is 19.4 Å². The molecule has 0 spiro atoms. The number of sulfonamides is 1. The molecule has 1 aromatic rings. The molecule has 1 aliphatic rings. The van der Waals surface area contributed by atoms with E-state index in [1.54, 1.807) is 20.2 Å². The van der Waals surface area contributed by atoms with E-state index < -0.39 is 15.8 Å². The second-order valence-electron chi connectivity index (χ2n) is 5.28. The van der Waals surface area contributed by atoms with Crippen LogP contribution in [0, 0.1) is 5.82 Å². The molecule has 0 amide bonds. The number of hydrogen-bond acceptors (Lipinski definition) is 4. The van der Waals surface area contributed by atoms with Crippen molar-refractivity contribution in [3.8, 4) is 0 Å². The van der Waals surface area contributed by atoms with Gasteiger partial charge in [0.25, 0.3) is 0 Å². The third kappa shape index (κ3) is 4.00. The number of benzene rings is 1. The van der Waals surface area contributed by atoms with E-state index in [-0.39, 0.29) is 17.0 Å². The summed E-state index contributed by atoms with van der Waals surface area (Å²) in [4.78, 5) is -0.295. The molecule has 0 aliphatic heterocycles. The molecule has 1 saturated carbocycles. The van der Waals surface area contributed by atoms with Gasteiger partial charge in [-0.3, -0.25) is 0 Å². The van der Waals surface area contributed by atoms with Gasteiger partial charge in [-0.2, -0.15) is 0 Å². The number of methoxy groups -OCH3 is 1. The molecule has 0 aromatic heterocycles. The summed E-state index contributed by atoms with van der Waals surface area (Å²) >= 11 is 0. The van der Waals surface area contributed by atoms with E-state index in [4.69, 9.17) is 4.74 Å². The Labute approximate surface area is 124 Å². The summed E-state index contributed by atoms with van der Waals surface area (Å²) in [6.07, 6.45) is 2.20. The Kier molecular flexibility index (Phi) is 5.32. The van der Waals surface area contributed by atoms with Gasteiger partial charge in [0.2, 0.25) is 10.0 Å². The van der Waals surface area contributed by atoms with Crippen molar-refractivity contribution in [1.29, 1.82) is 0 Å². The van der Waals surface area contributed by atoms with E-state index >= 15 is 0 Å². The number of hydrogen-bond donors (Lipinski definition) is 2. The Balaban J connectivity index is 2.17. The van der Waals surface area contributed by atoms with Gasteiger partial charge in [-0.1, -0.05) is 6.07 Å². The maximum atomic E-state index is 13.9. The molecule has 1 fully saturated rings. The molecule has 118 valence electrons. The van der Waals surface area contributed by atoms with Crippen LogP contribution in [0.1, 0.15) is 24.8 Å². The molecular weight excluding hydrogens is 295 g/mol. The number of nitrogens with one attached hydrogen (secondary N) is 2. The molecule has 2 atom stereocenters. The van der Waals surface area contributed by atoms with Crippen LogP contribution < -0.4 is 10.0 Å². The zero-order chi connectivity index (χ0) is 15.5. The highest BCUT2D eigenvalue weighted by Gasteiger charge is 2.30. The van der Waals surface area contributed by atoms with Crippen molar-refractivity contribution in [1.82, 2.24) is 10.0 Å². The average molecular weight is 316 g/mol. The zero-order valence-corrected chi connectivity index (χ0v) is 13.0. The second-order valence-corrected chi connectivity index (χ2v) is 6.97. The van der Waals surface area contributed by atoms with Gasteiger partial charge in [0, 0.05) is 19.7 Å². The van der Waals surface area contributed by atoms with Gasteiger partial charge >= 0.3 is 0 Å². The maximum absolute atomic E-state index is 13.9.